The molecular weight excluding hydrogens is 292 g/mol. The molecule has 3 rings (SSSR count). The van der Waals surface area contributed by atoms with E-state index in [-0.39, 0.29) is 11.9 Å². The van der Waals surface area contributed by atoms with Crippen LogP contribution >= 0.6 is 0 Å². The van der Waals surface area contributed by atoms with Gasteiger partial charge in [-0.15, -0.1) is 12.3 Å². The maximum atomic E-state index is 12.7. The third-order valence-electron chi connectivity index (χ3n) is 4.57. The van der Waals surface area contributed by atoms with Crippen LogP contribution in [0.1, 0.15) is 37.4 Å². The first-order valence-electron chi connectivity index (χ1n) is 8.01. The number of amides is 1. The standard InChI is InChI=1S/C17H22N4O2/c1-3-4-8-17(18-19-17)9-7-16(22)21-11-12-23-13-15(21)14-6-5-10-20(14)2/h1,5-6,10,15H,4,7-9,11-13H2,2H3. The van der Waals surface area contributed by atoms with Crippen LogP contribution in [0.4, 0.5) is 0 Å². The molecule has 0 N–H and O–H groups in total. The minimum Gasteiger partial charge on any atom is -0.377 e. The fourth-order valence-electron chi connectivity index (χ4n) is 3.09. The first-order chi connectivity index (χ1) is 11.2. The first-order valence-corrected chi connectivity index (χ1v) is 8.01. The Labute approximate surface area is 136 Å². The van der Waals surface area contributed by atoms with Crippen LogP contribution in [-0.2, 0) is 16.6 Å². The van der Waals surface area contributed by atoms with Crippen LogP contribution in [0.15, 0.2) is 28.6 Å². The second kappa shape index (κ2) is 6.55. The lowest BCUT2D eigenvalue weighted by molar-refractivity contribution is -0.140. The second-order valence-electron chi connectivity index (χ2n) is 6.11. The van der Waals surface area contributed by atoms with Gasteiger partial charge in [-0.05, 0) is 12.1 Å². The zero-order valence-electron chi connectivity index (χ0n) is 13.4. The van der Waals surface area contributed by atoms with E-state index in [1.165, 1.54) is 0 Å². The number of hydrogen-bond donors (Lipinski definition) is 0. The van der Waals surface area contributed by atoms with E-state index >= 15 is 0 Å². The van der Waals surface area contributed by atoms with Gasteiger partial charge in [-0.3, -0.25) is 4.79 Å². The summed E-state index contributed by atoms with van der Waals surface area (Å²) in [6.45, 7) is 1.75. The Hall–Kier alpha value is -2.13. The second-order valence-corrected chi connectivity index (χ2v) is 6.11. The van der Waals surface area contributed by atoms with E-state index in [9.17, 15) is 4.79 Å². The van der Waals surface area contributed by atoms with Crippen LogP contribution in [0.3, 0.4) is 0 Å². The predicted molar refractivity (Wildman–Crippen MR) is 85.6 cm³/mol. The van der Waals surface area contributed by atoms with E-state index < -0.39 is 5.66 Å². The zero-order chi connectivity index (χ0) is 16.3. The number of aromatic nitrogens is 1. The summed E-state index contributed by atoms with van der Waals surface area (Å²) in [5.74, 6) is 2.75. The Kier molecular flexibility index (Phi) is 4.49. The molecule has 0 bridgehead atoms. The van der Waals surface area contributed by atoms with Crippen molar-refractivity contribution in [1.29, 1.82) is 0 Å². The molecule has 122 valence electrons. The van der Waals surface area contributed by atoms with Crippen molar-refractivity contribution in [3.8, 4) is 12.3 Å². The van der Waals surface area contributed by atoms with Gasteiger partial charge < -0.3 is 14.2 Å². The highest BCUT2D eigenvalue weighted by atomic mass is 16.5. The van der Waals surface area contributed by atoms with E-state index in [0.29, 0.717) is 39.0 Å². The van der Waals surface area contributed by atoms with Crippen molar-refractivity contribution in [2.24, 2.45) is 17.3 Å². The van der Waals surface area contributed by atoms with Gasteiger partial charge in [-0.2, -0.15) is 10.2 Å². The van der Waals surface area contributed by atoms with Gasteiger partial charge in [0.15, 0.2) is 5.66 Å². The fraction of sp³-hybridized carbons (Fsp3) is 0.588. The predicted octanol–water partition coefficient (Wildman–Crippen LogP) is 2.28. The van der Waals surface area contributed by atoms with Crippen molar-refractivity contribution in [2.75, 3.05) is 19.8 Å². The Morgan fingerprint density at radius 2 is 2.35 bits per heavy atom. The molecule has 0 saturated carbocycles. The van der Waals surface area contributed by atoms with E-state index in [4.69, 9.17) is 11.2 Å². The Balaban J connectivity index is 1.61. The SMILES string of the molecule is C#CCCC1(CCC(=O)N2CCOCC2c2cccn2C)N=N1. The summed E-state index contributed by atoms with van der Waals surface area (Å²) >= 11 is 0. The van der Waals surface area contributed by atoms with Gasteiger partial charge in [-0.25, -0.2) is 0 Å². The number of carbonyl (C=O) groups is 1. The van der Waals surface area contributed by atoms with Gasteiger partial charge in [-0.1, -0.05) is 0 Å². The maximum Gasteiger partial charge on any atom is 0.223 e. The lowest BCUT2D eigenvalue weighted by atomic mass is 10.0. The highest BCUT2D eigenvalue weighted by Gasteiger charge is 2.40. The number of rotatable bonds is 6. The minimum atomic E-state index is -0.394. The number of morpholine rings is 1. The van der Waals surface area contributed by atoms with Crippen molar-refractivity contribution >= 4 is 5.91 Å². The monoisotopic (exact) mass is 314 g/mol. The quantitative estimate of drug-likeness (QED) is 0.756. The summed E-state index contributed by atoms with van der Waals surface area (Å²) in [5.41, 5.74) is 0.704. The molecule has 6 nitrogen and oxygen atoms in total. The largest absolute Gasteiger partial charge is 0.377 e. The number of ether oxygens (including phenoxy) is 1. The molecule has 6 heteroatoms. The molecule has 2 aliphatic heterocycles. The van der Waals surface area contributed by atoms with Crippen molar-refractivity contribution in [2.45, 2.75) is 37.4 Å². The molecule has 1 aromatic rings. The van der Waals surface area contributed by atoms with Crippen LogP contribution in [0, 0.1) is 12.3 Å². The third-order valence-corrected chi connectivity index (χ3v) is 4.57. The lowest BCUT2D eigenvalue weighted by Gasteiger charge is -2.36. The van der Waals surface area contributed by atoms with Crippen LogP contribution in [0.25, 0.3) is 0 Å². The van der Waals surface area contributed by atoms with Crippen molar-refractivity contribution in [1.82, 2.24) is 9.47 Å². The van der Waals surface area contributed by atoms with Gasteiger partial charge in [0.2, 0.25) is 5.91 Å². The average molecular weight is 314 g/mol. The van der Waals surface area contributed by atoms with Gasteiger partial charge in [0.25, 0.3) is 0 Å². The average Bonchev–Trinajstić information content (AvgIpc) is 3.23. The molecule has 1 amide bonds. The van der Waals surface area contributed by atoms with Crippen LogP contribution in [0.2, 0.25) is 0 Å². The molecule has 1 unspecified atom stereocenters. The van der Waals surface area contributed by atoms with Crippen LogP contribution in [0.5, 0.6) is 0 Å². The highest BCUT2D eigenvalue weighted by Crippen LogP contribution is 2.38. The van der Waals surface area contributed by atoms with E-state index in [1.807, 2.05) is 34.8 Å². The molecule has 1 atom stereocenters. The molecule has 3 heterocycles. The Bertz CT molecular complexity index is 637. The third kappa shape index (κ3) is 3.45. The smallest absolute Gasteiger partial charge is 0.223 e. The summed E-state index contributed by atoms with van der Waals surface area (Å²) in [6, 6.07) is 4.01. The van der Waals surface area contributed by atoms with Crippen LogP contribution in [-0.4, -0.2) is 40.8 Å². The summed E-state index contributed by atoms with van der Waals surface area (Å²) in [5, 5.41) is 8.20. The summed E-state index contributed by atoms with van der Waals surface area (Å²) < 4.78 is 7.63. The van der Waals surface area contributed by atoms with Gasteiger partial charge in [0.05, 0.1) is 19.3 Å². The minimum absolute atomic E-state index is 0.0222. The van der Waals surface area contributed by atoms with Gasteiger partial charge in [0, 0.05) is 51.2 Å². The summed E-state index contributed by atoms with van der Waals surface area (Å²) in [6.07, 6.45) is 9.75. The lowest BCUT2D eigenvalue weighted by Crippen LogP contribution is -2.44. The van der Waals surface area contributed by atoms with Crippen molar-refractivity contribution in [3.05, 3.63) is 24.0 Å². The van der Waals surface area contributed by atoms with Crippen LogP contribution < -0.4 is 0 Å². The molecule has 23 heavy (non-hydrogen) atoms. The molecule has 0 aliphatic carbocycles. The van der Waals surface area contributed by atoms with Gasteiger partial charge in [0.1, 0.15) is 0 Å². The van der Waals surface area contributed by atoms with Crippen molar-refractivity contribution in [3.63, 3.8) is 0 Å². The molecule has 1 saturated heterocycles. The van der Waals surface area contributed by atoms with E-state index in [0.717, 1.165) is 12.1 Å². The van der Waals surface area contributed by atoms with E-state index in [2.05, 4.69) is 16.1 Å². The normalized spacial score (nSPS) is 21.9. The summed E-state index contributed by atoms with van der Waals surface area (Å²) in [7, 11) is 1.99. The number of aryl methyl sites for hydroxylation is 1. The molecule has 0 radical (unpaired) electrons. The Morgan fingerprint density at radius 3 is 3.00 bits per heavy atom. The fourth-order valence-corrected chi connectivity index (χ4v) is 3.09. The highest BCUT2D eigenvalue weighted by molar-refractivity contribution is 5.77. The van der Waals surface area contributed by atoms with Crippen molar-refractivity contribution < 1.29 is 9.53 Å². The number of terminal acetylenes is 1. The number of hydrogen-bond acceptors (Lipinski definition) is 4. The molecule has 0 aromatic carbocycles. The molecule has 1 aromatic heterocycles. The molecular formula is C17H22N4O2. The number of nitrogens with zero attached hydrogens (tertiary/aromatic N) is 4. The topological polar surface area (TPSA) is 59.2 Å². The first kappa shape index (κ1) is 15.8. The number of carbonyl (C=O) groups excluding carboxylic acids is 1. The molecule has 0 spiro atoms. The zero-order valence-corrected chi connectivity index (χ0v) is 13.4. The van der Waals surface area contributed by atoms with Gasteiger partial charge >= 0.3 is 0 Å². The molecule has 2 aliphatic rings. The van der Waals surface area contributed by atoms with E-state index in [1.54, 1.807) is 0 Å². The molecule has 1 fully saturated rings. The Morgan fingerprint density at radius 1 is 1.52 bits per heavy atom. The summed E-state index contributed by atoms with van der Waals surface area (Å²) in [4.78, 5) is 14.6. The maximum absolute atomic E-state index is 12.7.